The van der Waals surface area contributed by atoms with E-state index < -0.39 is 0 Å². The first-order valence-electron chi connectivity index (χ1n) is 5.97. The Morgan fingerprint density at radius 1 is 1.59 bits per heavy atom. The molecular weight excluding hydrogens is 216 g/mol. The quantitative estimate of drug-likeness (QED) is 0.872. The lowest BCUT2D eigenvalue weighted by Gasteiger charge is -2.09. The second-order valence-electron chi connectivity index (χ2n) is 4.67. The van der Waals surface area contributed by atoms with Gasteiger partial charge >= 0.3 is 0 Å². The lowest BCUT2D eigenvalue weighted by molar-refractivity contribution is 0.373. The number of nitrogens with two attached hydrogens (primary N) is 1. The third kappa shape index (κ3) is 2.10. The van der Waals surface area contributed by atoms with Gasteiger partial charge in [-0.25, -0.2) is 0 Å². The lowest BCUT2D eigenvalue weighted by Crippen LogP contribution is -2.12. The molecule has 2 heterocycles. The van der Waals surface area contributed by atoms with Gasteiger partial charge in [-0.15, -0.1) is 0 Å². The van der Waals surface area contributed by atoms with Crippen LogP contribution in [0.5, 0.6) is 0 Å². The predicted molar refractivity (Wildman–Crippen MR) is 62.4 cm³/mol. The molecule has 5 heteroatoms. The fraction of sp³-hybridized carbons (Fsp3) is 0.500. The maximum atomic E-state index is 5.89. The molecule has 1 atom stereocenters. The molecule has 2 aromatic rings. The molecule has 5 nitrogen and oxygen atoms in total. The molecule has 0 bridgehead atoms. The summed E-state index contributed by atoms with van der Waals surface area (Å²) < 4.78 is 7.29. The van der Waals surface area contributed by atoms with Crippen molar-refractivity contribution in [2.24, 2.45) is 5.73 Å². The van der Waals surface area contributed by atoms with Crippen LogP contribution in [0.1, 0.15) is 49.1 Å². The molecule has 1 unspecified atom stereocenters. The maximum Gasteiger partial charge on any atom is 0.229 e. The molecule has 90 valence electrons. The van der Waals surface area contributed by atoms with E-state index in [4.69, 9.17) is 10.3 Å². The smallest absolute Gasteiger partial charge is 0.229 e. The molecule has 2 N–H and O–H groups in total. The van der Waals surface area contributed by atoms with Crippen molar-refractivity contribution in [1.29, 1.82) is 0 Å². The summed E-state index contributed by atoms with van der Waals surface area (Å²) in [6.45, 7) is 2.60. The minimum absolute atomic E-state index is 0.0137. The zero-order valence-electron chi connectivity index (χ0n) is 9.84. The van der Waals surface area contributed by atoms with Gasteiger partial charge in [0.2, 0.25) is 5.89 Å². The van der Waals surface area contributed by atoms with Gasteiger partial charge in [-0.3, -0.25) is 0 Å². The minimum atomic E-state index is 0.0137. The molecule has 3 rings (SSSR count). The van der Waals surface area contributed by atoms with Crippen LogP contribution in [0.3, 0.4) is 0 Å². The fourth-order valence-electron chi connectivity index (χ4n) is 1.96. The largest absolute Gasteiger partial charge is 0.342 e. The highest BCUT2D eigenvalue weighted by Gasteiger charge is 2.29. The van der Waals surface area contributed by atoms with E-state index in [0.717, 1.165) is 17.4 Å². The first-order valence-corrected chi connectivity index (χ1v) is 5.97. The van der Waals surface area contributed by atoms with E-state index in [-0.39, 0.29) is 6.04 Å². The average Bonchev–Trinajstić information content (AvgIpc) is 2.87. The molecule has 0 aliphatic heterocycles. The third-order valence-electron chi connectivity index (χ3n) is 3.05. The van der Waals surface area contributed by atoms with Crippen molar-refractivity contribution in [1.82, 2.24) is 14.7 Å². The Balaban J connectivity index is 1.78. The van der Waals surface area contributed by atoms with E-state index in [9.17, 15) is 0 Å². The van der Waals surface area contributed by atoms with Crippen LogP contribution in [-0.2, 0) is 6.54 Å². The number of hydrogen-bond acceptors (Lipinski definition) is 4. The van der Waals surface area contributed by atoms with Crippen molar-refractivity contribution in [2.45, 2.75) is 38.3 Å². The second-order valence-corrected chi connectivity index (χ2v) is 4.67. The molecule has 0 spiro atoms. The Hall–Kier alpha value is -1.62. The Kier molecular flexibility index (Phi) is 2.48. The molecule has 0 saturated heterocycles. The van der Waals surface area contributed by atoms with Crippen LogP contribution in [0.25, 0.3) is 0 Å². The van der Waals surface area contributed by atoms with Crippen LogP contribution in [0.2, 0.25) is 0 Å². The summed E-state index contributed by atoms with van der Waals surface area (Å²) in [6.07, 6.45) is 4.35. The fourth-order valence-corrected chi connectivity index (χ4v) is 1.96. The van der Waals surface area contributed by atoms with Gasteiger partial charge in [0.05, 0.1) is 6.54 Å². The van der Waals surface area contributed by atoms with Crippen LogP contribution >= 0.6 is 0 Å². The van der Waals surface area contributed by atoms with E-state index in [1.165, 1.54) is 12.8 Å². The van der Waals surface area contributed by atoms with Crippen LogP contribution in [0.15, 0.2) is 22.9 Å². The number of aromatic nitrogens is 3. The van der Waals surface area contributed by atoms with Gasteiger partial charge in [-0.05, 0) is 31.9 Å². The highest BCUT2D eigenvalue weighted by atomic mass is 16.5. The Bertz CT molecular complexity index is 510. The van der Waals surface area contributed by atoms with Crippen LogP contribution in [0.4, 0.5) is 0 Å². The summed E-state index contributed by atoms with van der Waals surface area (Å²) >= 11 is 0. The van der Waals surface area contributed by atoms with Gasteiger partial charge in [0, 0.05) is 23.9 Å². The minimum Gasteiger partial charge on any atom is -0.342 e. The summed E-state index contributed by atoms with van der Waals surface area (Å²) in [7, 11) is 0. The SMILES string of the molecule is CC(N)c1cccn1Cc1noc(C2CC2)n1. The Labute approximate surface area is 99.6 Å². The van der Waals surface area contributed by atoms with Crippen LogP contribution < -0.4 is 5.73 Å². The first-order chi connectivity index (χ1) is 8.24. The lowest BCUT2D eigenvalue weighted by atomic mass is 10.2. The molecule has 0 amide bonds. The highest BCUT2D eigenvalue weighted by molar-refractivity contribution is 5.12. The molecule has 1 aliphatic carbocycles. The normalized spacial score (nSPS) is 17.3. The van der Waals surface area contributed by atoms with Crippen molar-refractivity contribution in [3.8, 4) is 0 Å². The van der Waals surface area contributed by atoms with Gasteiger partial charge in [-0.1, -0.05) is 5.16 Å². The number of hydrogen-bond donors (Lipinski definition) is 1. The first kappa shape index (κ1) is 10.5. The summed E-state index contributed by atoms with van der Waals surface area (Å²) in [5.74, 6) is 2.02. The summed E-state index contributed by atoms with van der Waals surface area (Å²) in [5.41, 5.74) is 6.98. The highest BCUT2D eigenvalue weighted by Crippen LogP contribution is 2.38. The average molecular weight is 232 g/mol. The van der Waals surface area contributed by atoms with Gasteiger partial charge < -0.3 is 14.8 Å². The molecule has 1 aliphatic rings. The van der Waals surface area contributed by atoms with Gasteiger partial charge in [0.25, 0.3) is 0 Å². The summed E-state index contributed by atoms with van der Waals surface area (Å²) in [4.78, 5) is 4.41. The zero-order chi connectivity index (χ0) is 11.8. The van der Waals surface area contributed by atoms with E-state index in [1.807, 2.05) is 25.3 Å². The van der Waals surface area contributed by atoms with E-state index in [2.05, 4.69) is 14.7 Å². The van der Waals surface area contributed by atoms with Crippen molar-refractivity contribution in [3.63, 3.8) is 0 Å². The van der Waals surface area contributed by atoms with Crippen molar-refractivity contribution >= 4 is 0 Å². The van der Waals surface area contributed by atoms with Crippen LogP contribution in [0, 0.1) is 0 Å². The monoisotopic (exact) mass is 232 g/mol. The molecule has 0 aromatic carbocycles. The van der Waals surface area contributed by atoms with Crippen molar-refractivity contribution < 1.29 is 4.52 Å². The maximum absolute atomic E-state index is 5.89. The van der Waals surface area contributed by atoms with Gasteiger partial charge in [0.15, 0.2) is 5.82 Å². The van der Waals surface area contributed by atoms with Gasteiger partial charge in [-0.2, -0.15) is 4.98 Å². The third-order valence-corrected chi connectivity index (χ3v) is 3.05. The van der Waals surface area contributed by atoms with Crippen molar-refractivity contribution in [2.75, 3.05) is 0 Å². The number of nitrogens with zero attached hydrogens (tertiary/aromatic N) is 3. The molecule has 2 aromatic heterocycles. The van der Waals surface area contributed by atoms with Gasteiger partial charge in [0.1, 0.15) is 0 Å². The zero-order valence-corrected chi connectivity index (χ0v) is 9.84. The molecule has 0 radical (unpaired) electrons. The van der Waals surface area contributed by atoms with E-state index in [0.29, 0.717) is 12.5 Å². The van der Waals surface area contributed by atoms with Crippen LogP contribution in [-0.4, -0.2) is 14.7 Å². The standard InChI is InChI=1S/C12H16N4O/c1-8(13)10-3-2-6-16(10)7-11-14-12(17-15-11)9-4-5-9/h2-3,6,8-9H,4-5,7,13H2,1H3. The molecule has 17 heavy (non-hydrogen) atoms. The van der Waals surface area contributed by atoms with Crippen molar-refractivity contribution in [3.05, 3.63) is 35.7 Å². The summed E-state index contributed by atoms with van der Waals surface area (Å²) in [5, 5.41) is 4.00. The molecule has 1 fully saturated rings. The predicted octanol–water partition coefficient (Wildman–Crippen LogP) is 1.82. The topological polar surface area (TPSA) is 69.9 Å². The molecule has 1 saturated carbocycles. The van der Waals surface area contributed by atoms with E-state index >= 15 is 0 Å². The number of rotatable bonds is 4. The Morgan fingerprint density at radius 2 is 2.41 bits per heavy atom. The second kappa shape index (κ2) is 4.00. The summed E-state index contributed by atoms with van der Waals surface area (Å²) in [6, 6.07) is 4.02. The van der Waals surface area contributed by atoms with E-state index in [1.54, 1.807) is 0 Å². The Morgan fingerprint density at radius 3 is 3.12 bits per heavy atom. The molecular formula is C12H16N4O.